The van der Waals surface area contributed by atoms with Crippen LogP contribution in [0.3, 0.4) is 0 Å². The molecule has 0 spiro atoms. The lowest BCUT2D eigenvalue weighted by Crippen LogP contribution is -2.46. The van der Waals surface area contributed by atoms with Crippen molar-refractivity contribution in [3.8, 4) is 0 Å². The Kier molecular flexibility index (Phi) is 5.53. The molecule has 1 aliphatic heterocycles. The van der Waals surface area contributed by atoms with Crippen LogP contribution in [0.2, 0.25) is 0 Å². The molecule has 2 rings (SSSR count). The molecule has 1 amide bonds. The van der Waals surface area contributed by atoms with Crippen LogP contribution in [0.5, 0.6) is 0 Å². The zero-order chi connectivity index (χ0) is 15.5. The normalized spacial score (nSPS) is 30.5. The van der Waals surface area contributed by atoms with Crippen LogP contribution in [-0.2, 0) is 4.74 Å². The molecule has 21 heavy (non-hydrogen) atoms. The van der Waals surface area contributed by atoms with Crippen molar-refractivity contribution < 1.29 is 9.53 Å². The Labute approximate surface area is 129 Å². The molecule has 4 heteroatoms. The monoisotopic (exact) mass is 296 g/mol. The molecule has 2 aliphatic rings. The zero-order valence-corrected chi connectivity index (χ0v) is 14.2. The summed E-state index contributed by atoms with van der Waals surface area (Å²) in [4.78, 5) is 14.0. The molecule has 1 N–H and O–H groups in total. The van der Waals surface area contributed by atoms with Gasteiger partial charge in [0.25, 0.3) is 0 Å². The molecule has 122 valence electrons. The molecule has 4 nitrogen and oxygen atoms in total. The maximum Gasteiger partial charge on any atom is 0.410 e. The Balaban J connectivity index is 1.76. The minimum Gasteiger partial charge on any atom is -0.444 e. The second-order valence-corrected chi connectivity index (χ2v) is 7.86. The molecule has 1 saturated heterocycles. The summed E-state index contributed by atoms with van der Waals surface area (Å²) in [5.41, 5.74) is -0.401. The van der Waals surface area contributed by atoms with Crippen LogP contribution in [0.25, 0.3) is 0 Å². The highest BCUT2D eigenvalue weighted by Gasteiger charge is 2.29. The van der Waals surface area contributed by atoms with Gasteiger partial charge in [-0.1, -0.05) is 13.3 Å². The van der Waals surface area contributed by atoms with Crippen LogP contribution in [0.15, 0.2) is 0 Å². The fraction of sp³-hybridized carbons (Fsp3) is 0.941. The van der Waals surface area contributed by atoms with Crippen LogP contribution >= 0.6 is 0 Å². The number of nitrogens with zero attached hydrogens (tertiary/aromatic N) is 1. The molecule has 1 heterocycles. The van der Waals surface area contributed by atoms with Gasteiger partial charge in [-0.05, 0) is 64.8 Å². The van der Waals surface area contributed by atoms with Gasteiger partial charge in [-0.3, -0.25) is 0 Å². The average molecular weight is 296 g/mol. The van der Waals surface area contributed by atoms with E-state index in [9.17, 15) is 4.79 Å². The Morgan fingerprint density at radius 1 is 1.24 bits per heavy atom. The predicted molar refractivity (Wildman–Crippen MR) is 85.3 cm³/mol. The molecule has 0 radical (unpaired) electrons. The highest BCUT2D eigenvalue weighted by Crippen LogP contribution is 2.25. The molecular formula is C17H32N2O2. The number of nitrogens with one attached hydrogen (secondary N) is 1. The quantitative estimate of drug-likeness (QED) is 0.867. The van der Waals surface area contributed by atoms with E-state index in [0.29, 0.717) is 12.0 Å². The Bertz CT molecular complexity index is 351. The molecule has 2 fully saturated rings. The summed E-state index contributed by atoms with van der Waals surface area (Å²) >= 11 is 0. The highest BCUT2D eigenvalue weighted by molar-refractivity contribution is 5.68. The van der Waals surface area contributed by atoms with E-state index in [4.69, 9.17) is 4.74 Å². The first-order valence-electron chi connectivity index (χ1n) is 8.56. The summed E-state index contributed by atoms with van der Waals surface area (Å²) in [6.07, 6.45) is 6.17. The maximum atomic E-state index is 12.2. The van der Waals surface area contributed by atoms with Gasteiger partial charge in [-0.25, -0.2) is 4.79 Å². The lowest BCUT2D eigenvalue weighted by atomic mass is 9.97. The third kappa shape index (κ3) is 5.17. The van der Waals surface area contributed by atoms with E-state index in [1.165, 1.54) is 25.7 Å². The van der Waals surface area contributed by atoms with Gasteiger partial charge < -0.3 is 15.0 Å². The van der Waals surface area contributed by atoms with Gasteiger partial charge in [0.05, 0.1) is 0 Å². The predicted octanol–water partition coefficient (Wildman–Crippen LogP) is 3.41. The number of piperidine rings is 1. The zero-order valence-electron chi connectivity index (χ0n) is 14.2. The number of carbonyl (C=O) groups excluding carboxylic acids is 1. The maximum absolute atomic E-state index is 12.2. The van der Waals surface area contributed by atoms with Gasteiger partial charge in [-0.15, -0.1) is 0 Å². The first-order chi connectivity index (χ1) is 9.85. The van der Waals surface area contributed by atoms with E-state index < -0.39 is 5.60 Å². The summed E-state index contributed by atoms with van der Waals surface area (Å²) in [5.74, 6) is 1.37. The number of amides is 1. The summed E-state index contributed by atoms with van der Waals surface area (Å²) < 4.78 is 5.49. The second kappa shape index (κ2) is 6.99. The molecule has 0 aromatic heterocycles. The summed E-state index contributed by atoms with van der Waals surface area (Å²) in [6, 6.07) is 0.682. The first kappa shape index (κ1) is 16.6. The summed E-state index contributed by atoms with van der Waals surface area (Å²) in [5, 5.41) is 3.73. The van der Waals surface area contributed by atoms with Gasteiger partial charge in [0.2, 0.25) is 0 Å². The van der Waals surface area contributed by atoms with E-state index in [1.54, 1.807) is 0 Å². The van der Waals surface area contributed by atoms with Crippen LogP contribution in [0.4, 0.5) is 4.79 Å². The van der Waals surface area contributed by atoms with Crippen molar-refractivity contribution in [3.63, 3.8) is 0 Å². The molecule has 1 saturated carbocycles. The third-order valence-corrected chi connectivity index (χ3v) is 4.70. The number of hydrogen-bond acceptors (Lipinski definition) is 3. The van der Waals surface area contributed by atoms with Crippen molar-refractivity contribution in [2.45, 2.75) is 71.4 Å². The molecule has 0 bridgehead atoms. The fourth-order valence-corrected chi connectivity index (χ4v) is 3.49. The van der Waals surface area contributed by atoms with Gasteiger partial charge >= 0.3 is 6.09 Å². The van der Waals surface area contributed by atoms with Crippen molar-refractivity contribution >= 4 is 6.09 Å². The number of rotatable bonds is 3. The molecule has 0 aromatic rings. The number of ether oxygens (including phenoxy) is 1. The first-order valence-corrected chi connectivity index (χ1v) is 8.56. The Morgan fingerprint density at radius 2 is 2.00 bits per heavy atom. The lowest BCUT2D eigenvalue weighted by molar-refractivity contribution is 0.0165. The van der Waals surface area contributed by atoms with Crippen LogP contribution in [0.1, 0.15) is 59.8 Å². The van der Waals surface area contributed by atoms with Gasteiger partial charge in [0, 0.05) is 19.1 Å². The van der Waals surface area contributed by atoms with E-state index >= 15 is 0 Å². The SMILES string of the molecule is CC1CCCC1NCC1CCCN(C(=O)OC(C)(C)C)C1. The third-order valence-electron chi connectivity index (χ3n) is 4.70. The molecule has 1 aliphatic carbocycles. The van der Waals surface area contributed by atoms with Crippen molar-refractivity contribution in [3.05, 3.63) is 0 Å². The Hall–Kier alpha value is -0.770. The van der Waals surface area contributed by atoms with Crippen LogP contribution < -0.4 is 5.32 Å². The van der Waals surface area contributed by atoms with Crippen LogP contribution in [-0.4, -0.2) is 42.3 Å². The second-order valence-electron chi connectivity index (χ2n) is 7.86. The number of likely N-dealkylation sites (tertiary alicyclic amines) is 1. The minimum atomic E-state index is -0.401. The number of carbonyl (C=O) groups is 1. The van der Waals surface area contributed by atoms with Crippen LogP contribution in [0, 0.1) is 11.8 Å². The fourth-order valence-electron chi connectivity index (χ4n) is 3.49. The molecule has 3 unspecified atom stereocenters. The van der Waals surface area contributed by atoms with E-state index in [2.05, 4.69) is 12.2 Å². The number of hydrogen-bond donors (Lipinski definition) is 1. The molecule has 3 atom stereocenters. The average Bonchev–Trinajstić information content (AvgIpc) is 2.80. The molecular weight excluding hydrogens is 264 g/mol. The highest BCUT2D eigenvalue weighted by atomic mass is 16.6. The van der Waals surface area contributed by atoms with E-state index in [1.807, 2.05) is 25.7 Å². The Morgan fingerprint density at radius 3 is 2.62 bits per heavy atom. The van der Waals surface area contributed by atoms with Gasteiger partial charge in [-0.2, -0.15) is 0 Å². The van der Waals surface area contributed by atoms with Crippen molar-refractivity contribution in [1.82, 2.24) is 10.2 Å². The summed E-state index contributed by atoms with van der Waals surface area (Å²) in [7, 11) is 0. The van der Waals surface area contributed by atoms with Crippen molar-refractivity contribution in [1.29, 1.82) is 0 Å². The van der Waals surface area contributed by atoms with E-state index in [-0.39, 0.29) is 6.09 Å². The topological polar surface area (TPSA) is 41.6 Å². The van der Waals surface area contributed by atoms with E-state index in [0.717, 1.165) is 32.0 Å². The van der Waals surface area contributed by atoms with Crippen molar-refractivity contribution in [2.24, 2.45) is 11.8 Å². The largest absolute Gasteiger partial charge is 0.444 e. The molecule has 0 aromatic carbocycles. The standard InChI is InChI=1S/C17H32N2O2/c1-13-7-5-9-15(13)18-11-14-8-6-10-19(12-14)16(20)21-17(2,3)4/h13-15,18H,5-12H2,1-4H3. The minimum absolute atomic E-state index is 0.151. The van der Waals surface area contributed by atoms with Crippen molar-refractivity contribution in [2.75, 3.05) is 19.6 Å². The smallest absolute Gasteiger partial charge is 0.410 e. The van der Waals surface area contributed by atoms with Gasteiger partial charge in [0.1, 0.15) is 5.60 Å². The lowest BCUT2D eigenvalue weighted by Gasteiger charge is -2.35. The van der Waals surface area contributed by atoms with Gasteiger partial charge in [0.15, 0.2) is 0 Å². The summed E-state index contributed by atoms with van der Waals surface area (Å²) in [6.45, 7) is 10.8.